The van der Waals surface area contributed by atoms with Gasteiger partial charge >= 0.3 is 0 Å². The second-order valence-corrected chi connectivity index (χ2v) is 9.92. The predicted octanol–water partition coefficient (Wildman–Crippen LogP) is 2.98. The fraction of sp³-hybridized carbons (Fsp3) is 0.360. The van der Waals surface area contributed by atoms with Crippen molar-refractivity contribution in [1.82, 2.24) is 9.88 Å². The number of hydrogen-bond acceptors (Lipinski definition) is 8. The van der Waals surface area contributed by atoms with Crippen LogP contribution in [0.1, 0.15) is 19.4 Å². The molecule has 2 aromatic carbocycles. The Morgan fingerprint density at radius 3 is 2.49 bits per heavy atom. The Kier molecular flexibility index (Phi) is 6.15. The molecule has 0 spiro atoms. The van der Waals surface area contributed by atoms with Crippen LogP contribution in [-0.4, -0.2) is 65.9 Å². The number of carbonyl (C=O) groups excluding carboxylic acids is 2. The van der Waals surface area contributed by atoms with Gasteiger partial charge in [-0.15, -0.1) is 0 Å². The molecule has 5 rings (SSSR count). The average Bonchev–Trinajstić information content (AvgIpc) is 3.43. The summed E-state index contributed by atoms with van der Waals surface area (Å²) in [5.74, 6) is -1.83. The maximum atomic E-state index is 13.4. The highest BCUT2D eigenvalue weighted by Crippen LogP contribution is 2.32. The van der Waals surface area contributed by atoms with Gasteiger partial charge in [0.05, 0.1) is 21.5 Å². The van der Waals surface area contributed by atoms with E-state index in [1.807, 2.05) is 42.5 Å². The van der Waals surface area contributed by atoms with E-state index in [4.69, 9.17) is 9.47 Å². The minimum Gasteiger partial charge on any atom is -0.367 e. The number of para-hydroxylation sites is 2. The minimum atomic E-state index is -1.10. The van der Waals surface area contributed by atoms with Gasteiger partial charge in [-0.1, -0.05) is 35.6 Å². The number of rotatable bonds is 4. The number of piperazine rings is 1. The number of carbonyl (C=O) groups is 2. The van der Waals surface area contributed by atoms with Crippen LogP contribution in [0.15, 0.2) is 48.5 Å². The van der Waals surface area contributed by atoms with Gasteiger partial charge in [-0.3, -0.25) is 14.9 Å². The van der Waals surface area contributed by atoms with Gasteiger partial charge in [-0.2, -0.15) is 5.26 Å². The molecule has 9 nitrogen and oxygen atoms in total. The summed E-state index contributed by atoms with van der Waals surface area (Å²) in [6, 6.07) is 17.3. The second kappa shape index (κ2) is 9.26. The van der Waals surface area contributed by atoms with Crippen molar-refractivity contribution in [2.75, 3.05) is 36.4 Å². The van der Waals surface area contributed by atoms with E-state index >= 15 is 0 Å². The molecule has 35 heavy (non-hydrogen) atoms. The number of benzene rings is 2. The molecule has 0 bridgehead atoms. The number of hydrogen-bond donors (Lipinski definition) is 1. The van der Waals surface area contributed by atoms with Crippen LogP contribution >= 0.6 is 11.3 Å². The maximum Gasteiger partial charge on any atom is 0.258 e. The Balaban J connectivity index is 1.27. The zero-order valence-electron chi connectivity index (χ0n) is 19.4. The van der Waals surface area contributed by atoms with Crippen molar-refractivity contribution >= 4 is 44.2 Å². The predicted molar refractivity (Wildman–Crippen MR) is 132 cm³/mol. The smallest absolute Gasteiger partial charge is 0.258 e. The van der Waals surface area contributed by atoms with Gasteiger partial charge in [0.2, 0.25) is 0 Å². The second-order valence-electron chi connectivity index (χ2n) is 8.89. The zero-order chi connectivity index (χ0) is 24.6. The van der Waals surface area contributed by atoms with Crippen LogP contribution in [0.3, 0.4) is 0 Å². The Morgan fingerprint density at radius 2 is 1.74 bits per heavy atom. The molecule has 1 N–H and O–H groups in total. The van der Waals surface area contributed by atoms with E-state index < -0.39 is 23.9 Å². The first kappa shape index (κ1) is 23.2. The fourth-order valence-corrected chi connectivity index (χ4v) is 5.30. The summed E-state index contributed by atoms with van der Waals surface area (Å²) in [4.78, 5) is 34.8. The van der Waals surface area contributed by atoms with Crippen LogP contribution in [0.5, 0.6) is 0 Å². The summed E-state index contributed by atoms with van der Waals surface area (Å²) >= 11 is 1.36. The highest BCUT2D eigenvalue weighted by atomic mass is 32.1. The summed E-state index contributed by atoms with van der Waals surface area (Å²) in [5.41, 5.74) is 2.25. The lowest BCUT2D eigenvalue weighted by atomic mass is 10.1. The first-order valence-corrected chi connectivity index (χ1v) is 12.2. The number of amides is 2. The molecule has 2 amide bonds. The molecule has 0 unspecified atom stereocenters. The summed E-state index contributed by atoms with van der Waals surface area (Å²) in [6.07, 6.45) is -2.15. The van der Waals surface area contributed by atoms with Crippen LogP contribution in [0.25, 0.3) is 10.2 Å². The topological polar surface area (TPSA) is 108 Å². The lowest BCUT2D eigenvalue weighted by Crippen LogP contribution is -2.54. The summed E-state index contributed by atoms with van der Waals surface area (Å²) in [7, 11) is 0. The monoisotopic (exact) mass is 491 g/mol. The summed E-state index contributed by atoms with van der Waals surface area (Å²) in [6.45, 7) is 5.42. The van der Waals surface area contributed by atoms with Crippen molar-refractivity contribution in [3.05, 3.63) is 54.1 Å². The van der Waals surface area contributed by atoms with Crippen molar-refractivity contribution in [2.24, 2.45) is 0 Å². The Morgan fingerprint density at radius 1 is 1.06 bits per heavy atom. The van der Waals surface area contributed by atoms with E-state index in [1.54, 1.807) is 24.8 Å². The number of nitrogens with zero attached hydrogens (tertiary/aromatic N) is 4. The Labute approximate surface area is 206 Å². The molecule has 2 aliphatic rings. The van der Waals surface area contributed by atoms with E-state index in [9.17, 15) is 14.9 Å². The average molecular weight is 492 g/mol. The van der Waals surface area contributed by atoms with Crippen molar-refractivity contribution in [2.45, 2.75) is 31.8 Å². The molecule has 2 saturated heterocycles. The molecule has 0 aliphatic carbocycles. The fourth-order valence-electron chi connectivity index (χ4n) is 4.43. The highest BCUT2D eigenvalue weighted by Gasteiger charge is 2.50. The number of nitriles is 1. The van der Waals surface area contributed by atoms with Crippen molar-refractivity contribution in [1.29, 1.82) is 5.26 Å². The molecule has 2 aliphatic heterocycles. The van der Waals surface area contributed by atoms with Gasteiger partial charge in [-0.25, -0.2) is 4.98 Å². The van der Waals surface area contributed by atoms with Crippen molar-refractivity contribution in [3.8, 4) is 6.07 Å². The van der Waals surface area contributed by atoms with Crippen molar-refractivity contribution in [3.63, 3.8) is 0 Å². The van der Waals surface area contributed by atoms with Crippen LogP contribution < -0.4 is 10.2 Å². The van der Waals surface area contributed by atoms with Crippen molar-refractivity contribution < 1.29 is 19.1 Å². The van der Waals surface area contributed by atoms with Crippen LogP contribution in [0.2, 0.25) is 0 Å². The maximum absolute atomic E-state index is 13.4. The van der Waals surface area contributed by atoms with E-state index in [0.29, 0.717) is 36.9 Å². The SMILES string of the molecule is CC1(C)O[C@@H](C(=O)Nc2nc3ccccc3s2)[C@H](C(=O)N2CCN(c3ccccc3C#N)CC2)O1. The quantitative estimate of drug-likeness (QED) is 0.598. The number of thiazole rings is 1. The van der Waals surface area contributed by atoms with Gasteiger partial charge in [0, 0.05) is 26.2 Å². The lowest BCUT2D eigenvalue weighted by Gasteiger charge is -2.37. The van der Waals surface area contributed by atoms with Gasteiger partial charge in [0.15, 0.2) is 23.1 Å². The highest BCUT2D eigenvalue weighted by molar-refractivity contribution is 7.22. The third kappa shape index (κ3) is 4.71. The number of anilines is 2. The molecule has 3 heterocycles. The molecular weight excluding hydrogens is 466 g/mol. The van der Waals surface area contributed by atoms with Gasteiger partial charge in [0.1, 0.15) is 6.07 Å². The number of ether oxygens (including phenoxy) is 2. The first-order chi connectivity index (χ1) is 16.8. The van der Waals surface area contributed by atoms with Gasteiger partial charge in [0.25, 0.3) is 11.8 Å². The molecule has 3 aromatic rings. The molecule has 0 radical (unpaired) electrons. The van der Waals surface area contributed by atoms with E-state index in [0.717, 1.165) is 15.9 Å². The third-order valence-electron chi connectivity index (χ3n) is 6.08. The number of nitrogens with one attached hydrogen (secondary N) is 1. The Bertz CT molecular complexity index is 1280. The standard InChI is InChI=1S/C25H25N5O4S/c1-25(2)33-20(22(31)28-24-27-17-8-4-6-10-19(17)35-24)21(34-25)23(32)30-13-11-29(12-14-30)18-9-5-3-7-16(18)15-26/h3-10,20-21H,11-14H2,1-2H3,(H,27,28,31)/t20-,21-/m1/s1. The molecule has 2 atom stereocenters. The summed E-state index contributed by atoms with van der Waals surface area (Å²) < 4.78 is 12.7. The molecule has 180 valence electrons. The molecule has 1 aromatic heterocycles. The Hall–Kier alpha value is -3.52. The normalized spacial score (nSPS) is 21.6. The largest absolute Gasteiger partial charge is 0.367 e. The van der Waals surface area contributed by atoms with Gasteiger partial charge < -0.3 is 19.3 Å². The zero-order valence-corrected chi connectivity index (χ0v) is 20.2. The van der Waals surface area contributed by atoms with E-state index in [2.05, 4.69) is 21.3 Å². The van der Waals surface area contributed by atoms with Gasteiger partial charge in [-0.05, 0) is 38.1 Å². The summed E-state index contributed by atoms with van der Waals surface area (Å²) in [5, 5.41) is 12.6. The van der Waals surface area contributed by atoms with Crippen LogP contribution in [-0.2, 0) is 19.1 Å². The number of aromatic nitrogens is 1. The lowest BCUT2D eigenvalue weighted by molar-refractivity contribution is -0.162. The van der Waals surface area contributed by atoms with E-state index in [1.165, 1.54) is 11.3 Å². The minimum absolute atomic E-state index is 0.284. The van der Waals surface area contributed by atoms with E-state index in [-0.39, 0.29) is 5.91 Å². The molecule has 0 saturated carbocycles. The molecule has 2 fully saturated rings. The van der Waals surface area contributed by atoms with Crippen LogP contribution in [0.4, 0.5) is 10.8 Å². The first-order valence-electron chi connectivity index (χ1n) is 11.4. The van der Waals surface area contributed by atoms with Crippen LogP contribution in [0, 0.1) is 11.3 Å². The molecule has 10 heteroatoms. The number of fused-ring (bicyclic) bond motifs is 1. The third-order valence-corrected chi connectivity index (χ3v) is 7.03. The molecular formula is C25H25N5O4S.